The molecule has 0 bridgehead atoms. The number of amides is 2. The maximum Gasteiger partial charge on any atom is 0.227 e. The van der Waals surface area contributed by atoms with Crippen LogP contribution >= 0.6 is 0 Å². The fourth-order valence-electron chi connectivity index (χ4n) is 4.80. The second kappa shape index (κ2) is 8.95. The first-order valence-electron chi connectivity index (χ1n) is 10.9. The predicted molar refractivity (Wildman–Crippen MR) is 112 cm³/mol. The lowest BCUT2D eigenvalue weighted by Crippen LogP contribution is -2.48. The smallest absolute Gasteiger partial charge is 0.227 e. The van der Waals surface area contributed by atoms with Gasteiger partial charge in [0.2, 0.25) is 11.8 Å². The number of carbonyl (C=O) groups is 2. The van der Waals surface area contributed by atoms with E-state index in [1.54, 1.807) is 0 Å². The summed E-state index contributed by atoms with van der Waals surface area (Å²) in [6.45, 7) is 5.96. The number of nitrogens with zero attached hydrogens (tertiary/aromatic N) is 3. The zero-order chi connectivity index (χ0) is 19.3. The minimum Gasteiger partial charge on any atom is -0.365 e. The zero-order valence-corrected chi connectivity index (χ0v) is 16.7. The summed E-state index contributed by atoms with van der Waals surface area (Å²) in [6, 6.07) is 8.58. The van der Waals surface area contributed by atoms with Gasteiger partial charge in [0.1, 0.15) is 0 Å². The van der Waals surface area contributed by atoms with Crippen LogP contribution in [-0.4, -0.2) is 62.0 Å². The van der Waals surface area contributed by atoms with Crippen LogP contribution in [0.4, 0.5) is 11.4 Å². The Labute approximate surface area is 167 Å². The number of nitrogens with one attached hydrogen (secondary N) is 1. The van der Waals surface area contributed by atoms with Crippen molar-refractivity contribution in [3.05, 3.63) is 24.3 Å². The molecule has 1 N–H and O–H groups in total. The Bertz CT molecular complexity index is 702. The van der Waals surface area contributed by atoms with Crippen LogP contribution in [0.3, 0.4) is 0 Å². The predicted octanol–water partition coefficient (Wildman–Crippen LogP) is 2.38. The number of hydrogen-bond acceptors (Lipinski definition) is 4. The molecule has 6 nitrogen and oxygen atoms in total. The molecule has 2 saturated heterocycles. The van der Waals surface area contributed by atoms with Crippen LogP contribution in [0, 0.1) is 0 Å². The average molecular weight is 385 g/mol. The molecular weight excluding hydrogens is 352 g/mol. The summed E-state index contributed by atoms with van der Waals surface area (Å²) >= 11 is 0. The number of hydrogen-bond donors (Lipinski definition) is 1. The number of likely N-dealkylation sites (tertiary alicyclic amines) is 1. The maximum atomic E-state index is 12.9. The van der Waals surface area contributed by atoms with Crippen molar-refractivity contribution in [1.82, 2.24) is 10.2 Å². The Hall–Kier alpha value is -2.08. The van der Waals surface area contributed by atoms with E-state index in [-0.39, 0.29) is 24.7 Å². The summed E-state index contributed by atoms with van der Waals surface area (Å²) < 4.78 is 0. The maximum absolute atomic E-state index is 12.9. The molecule has 3 aliphatic rings. The fraction of sp³-hybridized carbons (Fsp3) is 0.636. The third-order valence-electron chi connectivity index (χ3n) is 6.29. The van der Waals surface area contributed by atoms with Crippen LogP contribution in [0.25, 0.3) is 0 Å². The van der Waals surface area contributed by atoms with Crippen LogP contribution in [0.5, 0.6) is 0 Å². The first-order valence-corrected chi connectivity index (χ1v) is 10.9. The van der Waals surface area contributed by atoms with Crippen LogP contribution in [0.1, 0.15) is 44.9 Å². The van der Waals surface area contributed by atoms with Gasteiger partial charge in [0.25, 0.3) is 0 Å². The van der Waals surface area contributed by atoms with E-state index >= 15 is 0 Å². The lowest BCUT2D eigenvalue weighted by Gasteiger charge is -2.40. The molecule has 2 fully saturated rings. The summed E-state index contributed by atoms with van der Waals surface area (Å²) in [6.07, 6.45) is 6.45. The average Bonchev–Trinajstić information content (AvgIpc) is 3.40. The molecule has 0 aromatic heterocycles. The molecule has 0 radical (unpaired) electrons. The van der Waals surface area contributed by atoms with E-state index < -0.39 is 0 Å². The van der Waals surface area contributed by atoms with E-state index in [0.29, 0.717) is 12.6 Å². The van der Waals surface area contributed by atoms with Crippen LogP contribution in [-0.2, 0) is 9.59 Å². The van der Waals surface area contributed by atoms with Gasteiger partial charge in [-0.05, 0) is 63.9 Å². The quantitative estimate of drug-likeness (QED) is 0.734. The van der Waals surface area contributed by atoms with Gasteiger partial charge in [0.15, 0.2) is 0 Å². The number of fused-ring (bicyclic) bond motifs is 3. The Morgan fingerprint density at radius 3 is 2.61 bits per heavy atom. The van der Waals surface area contributed by atoms with Crippen molar-refractivity contribution >= 4 is 23.2 Å². The zero-order valence-electron chi connectivity index (χ0n) is 16.7. The molecule has 0 unspecified atom stereocenters. The Balaban J connectivity index is 1.24. The minimum absolute atomic E-state index is 0.0115. The Kier molecular flexibility index (Phi) is 6.15. The number of carbonyl (C=O) groups excluding carboxylic acids is 2. The summed E-state index contributed by atoms with van der Waals surface area (Å²) in [7, 11) is 0. The second-order valence-electron chi connectivity index (χ2n) is 8.23. The number of anilines is 2. The minimum atomic E-state index is -0.0115. The molecule has 6 heteroatoms. The topological polar surface area (TPSA) is 55.9 Å². The summed E-state index contributed by atoms with van der Waals surface area (Å²) in [5.41, 5.74) is 2.16. The molecule has 2 amide bonds. The molecule has 1 aromatic rings. The van der Waals surface area contributed by atoms with Gasteiger partial charge in [-0.25, -0.2) is 0 Å². The van der Waals surface area contributed by atoms with Gasteiger partial charge in [0, 0.05) is 38.5 Å². The number of para-hydroxylation sites is 2. The third-order valence-corrected chi connectivity index (χ3v) is 6.29. The van der Waals surface area contributed by atoms with Gasteiger partial charge >= 0.3 is 0 Å². The van der Waals surface area contributed by atoms with Gasteiger partial charge in [-0.15, -0.1) is 0 Å². The summed E-state index contributed by atoms with van der Waals surface area (Å²) in [5.74, 6) is 0.0498. The highest BCUT2D eigenvalue weighted by Crippen LogP contribution is 2.39. The Morgan fingerprint density at radius 1 is 1.00 bits per heavy atom. The lowest BCUT2D eigenvalue weighted by molar-refractivity contribution is -0.125. The molecule has 1 atom stereocenters. The highest BCUT2D eigenvalue weighted by molar-refractivity contribution is 5.99. The number of rotatable bonds is 7. The van der Waals surface area contributed by atoms with Crippen LogP contribution in [0.2, 0.25) is 0 Å². The van der Waals surface area contributed by atoms with E-state index in [1.807, 2.05) is 23.1 Å². The van der Waals surface area contributed by atoms with Gasteiger partial charge in [-0.2, -0.15) is 0 Å². The van der Waals surface area contributed by atoms with E-state index in [2.05, 4.69) is 21.2 Å². The molecule has 4 rings (SSSR count). The third kappa shape index (κ3) is 4.32. The molecule has 1 aromatic carbocycles. The number of benzene rings is 1. The van der Waals surface area contributed by atoms with Crippen molar-refractivity contribution in [3.8, 4) is 0 Å². The van der Waals surface area contributed by atoms with Crippen LogP contribution in [0.15, 0.2) is 24.3 Å². The summed E-state index contributed by atoms with van der Waals surface area (Å²) in [4.78, 5) is 31.8. The van der Waals surface area contributed by atoms with Crippen molar-refractivity contribution in [2.75, 3.05) is 49.1 Å². The van der Waals surface area contributed by atoms with Crippen molar-refractivity contribution in [3.63, 3.8) is 0 Å². The molecule has 3 heterocycles. The monoisotopic (exact) mass is 384 g/mol. The van der Waals surface area contributed by atoms with Gasteiger partial charge < -0.3 is 20.0 Å². The second-order valence-corrected chi connectivity index (χ2v) is 8.23. The lowest BCUT2D eigenvalue weighted by atomic mass is 10.1. The Morgan fingerprint density at radius 2 is 1.79 bits per heavy atom. The normalized spacial score (nSPS) is 21.5. The van der Waals surface area contributed by atoms with E-state index in [4.69, 9.17) is 0 Å². The highest BCUT2D eigenvalue weighted by atomic mass is 16.2. The van der Waals surface area contributed by atoms with Crippen LogP contribution < -0.4 is 15.1 Å². The molecular formula is C22H32N4O2. The molecule has 0 spiro atoms. The SMILES string of the molecule is O=C(CCC(=O)N1C[C@@H]2CCCN2c2ccccc21)NCCCN1CCCC1. The first kappa shape index (κ1) is 19.2. The van der Waals surface area contributed by atoms with Gasteiger partial charge in [-0.3, -0.25) is 9.59 Å². The van der Waals surface area contributed by atoms with E-state index in [9.17, 15) is 9.59 Å². The first-order chi connectivity index (χ1) is 13.7. The largest absolute Gasteiger partial charge is 0.365 e. The van der Waals surface area contributed by atoms with E-state index in [0.717, 1.165) is 43.9 Å². The fourth-order valence-corrected chi connectivity index (χ4v) is 4.80. The van der Waals surface area contributed by atoms with Crippen molar-refractivity contribution in [2.24, 2.45) is 0 Å². The van der Waals surface area contributed by atoms with Gasteiger partial charge in [-0.1, -0.05) is 12.1 Å². The van der Waals surface area contributed by atoms with Gasteiger partial charge in [0.05, 0.1) is 11.4 Å². The molecule has 0 saturated carbocycles. The van der Waals surface area contributed by atoms with E-state index in [1.165, 1.54) is 32.4 Å². The molecule has 28 heavy (non-hydrogen) atoms. The molecule has 152 valence electrons. The molecule has 3 aliphatic heterocycles. The van der Waals surface area contributed by atoms with Crippen molar-refractivity contribution in [2.45, 2.75) is 51.0 Å². The van der Waals surface area contributed by atoms with Crippen molar-refractivity contribution < 1.29 is 9.59 Å². The van der Waals surface area contributed by atoms with Crippen molar-refractivity contribution in [1.29, 1.82) is 0 Å². The molecule has 0 aliphatic carbocycles. The standard InChI is InChI=1S/C22H32N4O2/c27-21(23-12-6-15-24-13-3-4-14-24)10-11-22(28)26-17-18-7-5-16-25(18)19-8-1-2-9-20(19)26/h1-2,8-9,18H,3-7,10-17H2,(H,23,27)/t18-/m0/s1. The highest BCUT2D eigenvalue weighted by Gasteiger charge is 2.35. The summed E-state index contributed by atoms with van der Waals surface area (Å²) in [5, 5.41) is 2.98.